The number of hydrogen-bond acceptors (Lipinski definition) is 6. The summed E-state index contributed by atoms with van der Waals surface area (Å²) in [6, 6.07) is 6.11. The topological polar surface area (TPSA) is 79.1 Å². The van der Waals surface area contributed by atoms with E-state index >= 15 is 0 Å². The average molecular weight is 376 g/mol. The van der Waals surface area contributed by atoms with Crippen LogP contribution in [0.1, 0.15) is 18.9 Å². The summed E-state index contributed by atoms with van der Waals surface area (Å²) in [6.07, 6.45) is 2.40. The lowest BCUT2D eigenvalue weighted by Gasteiger charge is -2.12. The minimum atomic E-state index is -0.501. The zero-order valence-electron chi connectivity index (χ0n) is 14.7. The lowest BCUT2D eigenvalue weighted by molar-refractivity contribution is -0.140. The SMILES string of the molecule is CCc1ccc2c(c1)sc(=NC(=O)C1=COCCO1)n2CCC(=O)OC. The highest BCUT2D eigenvalue weighted by molar-refractivity contribution is 7.16. The molecule has 7 nitrogen and oxygen atoms in total. The van der Waals surface area contributed by atoms with E-state index < -0.39 is 5.91 Å². The van der Waals surface area contributed by atoms with Crippen molar-refractivity contribution in [1.29, 1.82) is 0 Å². The molecule has 0 radical (unpaired) electrons. The molecule has 2 heterocycles. The molecule has 1 aliphatic rings. The molecule has 1 aromatic carbocycles. The summed E-state index contributed by atoms with van der Waals surface area (Å²) in [7, 11) is 1.36. The van der Waals surface area contributed by atoms with Gasteiger partial charge in [-0.25, -0.2) is 0 Å². The summed E-state index contributed by atoms with van der Waals surface area (Å²) in [4.78, 5) is 28.6. The fraction of sp³-hybridized carbons (Fsp3) is 0.389. The van der Waals surface area contributed by atoms with Crippen LogP contribution in [0.4, 0.5) is 0 Å². The molecule has 26 heavy (non-hydrogen) atoms. The van der Waals surface area contributed by atoms with Gasteiger partial charge in [-0.3, -0.25) is 9.59 Å². The van der Waals surface area contributed by atoms with Gasteiger partial charge in [0.25, 0.3) is 0 Å². The van der Waals surface area contributed by atoms with E-state index in [4.69, 9.17) is 14.2 Å². The third-order valence-electron chi connectivity index (χ3n) is 3.98. The van der Waals surface area contributed by atoms with E-state index in [2.05, 4.69) is 18.0 Å². The Balaban J connectivity index is 2.03. The van der Waals surface area contributed by atoms with Gasteiger partial charge in [0.15, 0.2) is 4.80 Å². The van der Waals surface area contributed by atoms with Crippen molar-refractivity contribution < 1.29 is 23.8 Å². The Bertz CT molecular complexity index is 925. The van der Waals surface area contributed by atoms with Gasteiger partial charge in [0, 0.05) is 6.54 Å². The lowest BCUT2D eigenvalue weighted by atomic mass is 10.2. The van der Waals surface area contributed by atoms with Gasteiger partial charge in [-0.1, -0.05) is 24.3 Å². The molecule has 0 saturated carbocycles. The summed E-state index contributed by atoms with van der Waals surface area (Å²) < 4.78 is 18.0. The summed E-state index contributed by atoms with van der Waals surface area (Å²) in [5.74, 6) is -0.729. The average Bonchev–Trinajstić information content (AvgIpc) is 3.02. The van der Waals surface area contributed by atoms with Gasteiger partial charge in [-0.15, -0.1) is 0 Å². The van der Waals surface area contributed by atoms with Gasteiger partial charge >= 0.3 is 11.9 Å². The molecule has 0 aliphatic carbocycles. The van der Waals surface area contributed by atoms with Crippen molar-refractivity contribution in [2.24, 2.45) is 4.99 Å². The smallest absolute Gasteiger partial charge is 0.317 e. The van der Waals surface area contributed by atoms with Gasteiger partial charge in [0.1, 0.15) is 19.5 Å². The van der Waals surface area contributed by atoms with Crippen LogP contribution in [-0.2, 0) is 36.8 Å². The molecular formula is C18H20N2O5S. The van der Waals surface area contributed by atoms with Gasteiger partial charge in [0.05, 0.1) is 23.7 Å². The molecule has 0 bridgehead atoms. The number of hydrogen-bond donors (Lipinski definition) is 0. The first kappa shape index (κ1) is 18.2. The van der Waals surface area contributed by atoms with Crippen LogP contribution < -0.4 is 4.80 Å². The Morgan fingerprint density at radius 3 is 2.88 bits per heavy atom. The summed E-state index contributed by atoms with van der Waals surface area (Å²) in [5.41, 5.74) is 2.13. The normalized spacial score (nSPS) is 14.5. The Hall–Kier alpha value is -2.61. The number of thiazole rings is 1. The van der Waals surface area contributed by atoms with E-state index in [0.29, 0.717) is 24.6 Å². The maximum absolute atomic E-state index is 12.4. The molecule has 8 heteroatoms. The Labute approximate surface area is 154 Å². The molecule has 1 amide bonds. The van der Waals surface area contributed by atoms with Crippen LogP contribution in [0.2, 0.25) is 0 Å². The molecule has 1 aliphatic heterocycles. The van der Waals surface area contributed by atoms with E-state index in [0.717, 1.165) is 16.6 Å². The van der Waals surface area contributed by atoms with Crippen LogP contribution in [0, 0.1) is 0 Å². The van der Waals surface area contributed by atoms with Crippen molar-refractivity contribution in [2.45, 2.75) is 26.3 Å². The molecule has 0 unspecified atom stereocenters. The monoisotopic (exact) mass is 376 g/mol. The minimum Gasteiger partial charge on any atom is -0.494 e. The number of aryl methyl sites for hydroxylation is 2. The number of ether oxygens (including phenoxy) is 3. The van der Waals surface area contributed by atoms with E-state index in [-0.39, 0.29) is 18.1 Å². The fourth-order valence-corrected chi connectivity index (χ4v) is 3.68. The Kier molecular flexibility index (Phi) is 5.72. The second-order valence-corrected chi connectivity index (χ2v) is 6.65. The molecular weight excluding hydrogens is 356 g/mol. The van der Waals surface area contributed by atoms with Gasteiger partial charge in [0.2, 0.25) is 5.76 Å². The number of carbonyl (C=O) groups excluding carboxylic acids is 2. The molecule has 2 aromatic rings. The number of amides is 1. The third kappa shape index (κ3) is 3.96. The van der Waals surface area contributed by atoms with Crippen LogP contribution in [0.15, 0.2) is 35.2 Å². The number of carbonyl (C=O) groups is 2. The van der Waals surface area contributed by atoms with Crippen molar-refractivity contribution in [3.8, 4) is 0 Å². The van der Waals surface area contributed by atoms with E-state index in [1.165, 1.54) is 30.3 Å². The number of benzene rings is 1. The van der Waals surface area contributed by atoms with Crippen LogP contribution in [0.5, 0.6) is 0 Å². The van der Waals surface area contributed by atoms with Crippen molar-refractivity contribution in [3.63, 3.8) is 0 Å². The van der Waals surface area contributed by atoms with Crippen LogP contribution in [0.25, 0.3) is 10.2 Å². The van der Waals surface area contributed by atoms with E-state index in [1.54, 1.807) is 0 Å². The number of fused-ring (bicyclic) bond motifs is 1. The predicted octanol–water partition coefficient (Wildman–Crippen LogP) is 2.14. The molecule has 0 spiro atoms. The lowest BCUT2D eigenvalue weighted by Crippen LogP contribution is -2.21. The minimum absolute atomic E-state index is 0.0856. The first-order valence-corrected chi connectivity index (χ1v) is 9.16. The molecule has 138 valence electrons. The highest BCUT2D eigenvalue weighted by Gasteiger charge is 2.16. The maximum atomic E-state index is 12.4. The van der Waals surface area contributed by atoms with E-state index in [9.17, 15) is 9.59 Å². The largest absolute Gasteiger partial charge is 0.494 e. The zero-order valence-corrected chi connectivity index (χ0v) is 15.5. The highest BCUT2D eigenvalue weighted by atomic mass is 32.1. The fourth-order valence-electron chi connectivity index (χ4n) is 2.57. The third-order valence-corrected chi connectivity index (χ3v) is 5.02. The van der Waals surface area contributed by atoms with Crippen LogP contribution in [0.3, 0.4) is 0 Å². The van der Waals surface area contributed by atoms with Crippen molar-refractivity contribution in [2.75, 3.05) is 20.3 Å². The van der Waals surface area contributed by atoms with Crippen LogP contribution >= 0.6 is 11.3 Å². The molecule has 0 N–H and O–H groups in total. The second kappa shape index (κ2) is 8.18. The highest BCUT2D eigenvalue weighted by Crippen LogP contribution is 2.20. The summed E-state index contributed by atoms with van der Waals surface area (Å²) >= 11 is 1.40. The predicted molar refractivity (Wildman–Crippen MR) is 96.4 cm³/mol. The van der Waals surface area contributed by atoms with Crippen molar-refractivity contribution in [1.82, 2.24) is 4.57 Å². The number of aromatic nitrogens is 1. The van der Waals surface area contributed by atoms with Crippen molar-refractivity contribution >= 4 is 33.4 Å². The Morgan fingerprint density at radius 2 is 2.19 bits per heavy atom. The first-order chi connectivity index (χ1) is 12.6. The zero-order chi connectivity index (χ0) is 18.5. The molecule has 0 fully saturated rings. The standard InChI is InChI=1S/C18H20N2O5S/c1-3-12-4-5-13-15(10-12)26-18(20(13)7-6-16(21)23-2)19-17(22)14-11-24-8-9-25-14/h4-5,10-11H,3,6-9H2,1-2H3. The number of methoxy groups -OCH3 is 1. The number of esters is 1. The maximum Gasteiger partial charge on any atom is 0.317 e. The summed E-state index contributed by atoms with van der Waals surface area (Å²) in [5, 5.41) is 0. The van der Waals surface area contributed by atoms with Gasteiger partial charge in [-0.05, 0) is 24.1 Å². The molecule has 0 atom stereocenters. The van der Waals surface area contributed by atoms with Crippen LogP contribution in [-0.4, -0.2) is 36.8 Å². The molecule has 0 saturated heterocycles. The number of rotatable bonds is 5. The van der Waals surface area contributed by atoms with Gasteiger partial charge in [-0.2, -0.15) is 4.99 Å². The van der Waals surface area contributed by atoms with Crippen molar-refractivity contribution in [3.05, 3.63) is 40.6 Å². The first-order valence-electron chi connectivity index (χ1n) is 8.35. The Morgan fingerprint density at radius 1 is 1.35 bits per heavy atom. The van der Waals surface area contributed by atoms with E-state index in [1.807, 2.05) is 16.7 Å². The second-order valence-electron chi connectivity index (χ2n) is 5.64. The van der Waals surface area contributed by atoms with Gasteiger partial charge < -0.3 is 18.8 Å². The quantitative estimate of drug-likeness (QED) is 0.747. The molecule has 3 rings (SSSR count). The summed E-state index contributed by atoms with van der Waals surface area (Å²) in [6.45, 7) is 3.20. The number of nitrogens with zero attached hydrogens (tertiary/aromatic N) is 2. The molecule has 1 aromatic heterocycles.